The first-order valence-corrected chi connectivity index (χ1v) is 7.82. The fraction of sp³-hybridized carbons (Fsp3) is 0.750. The summed E-state index contributed by atoms with van der Waals surface area (Å²) in [6.07, 6.45) is 0.786. The van der Waals surface area contributed by atoms with Gasteiger partial charge >= 0.3 is 5.97 Å². The number of guanidine groups is 1. The molecule has 0 aromatic heterocycles. The van der Waals surface area contributed by atoms with Gasteiger partial charge in [-0.05, 0) is 18.4 Å². The second-order valence-electron chi connectivity index (χ2n) is 3.61. The fourth-order valence-electron chi connectivity index (χ4n) is 1.33. The molecule has 1 rings (SSSR count). The van der Waals surface area contributed by atoms with Gasteiger partial charge in [0.05, 0.1) is 5.75 Å². The molecule has 104 valence electrons. The quantitative estimate of drug-likeness (QED) is 0.333. The molecule has 1 aliphatic rings. The number of aliphatic imine (C=N–C) groups is 1. The molecular weight excluding hydrogens is 282 g/mol. The van der Waals surface area contributed by atoms with Crippen molar-refractivity contribution in [2.24, 2.45) is 4.99 Å². The second kappa shape index (κ2) is 6.81. The van der Waals surface area contributed by atoms with E-state index >= 15 is 0 Å². The molecule has 0 aliphatic carbocycles. The van der Waals surface area contributed by atoms with E-state index in [4.69, 9.17) is 9.66 Å². The van der Waals surface area contributed by atoms with Crippen molar-refractivity contribution in [3.05, 3.63) is 0 Å². The summed E-state index contributed by atoms with van der Waals surface area (Å²) in [7, 11) is -3.97. The Balaban J connectivity index is 2.38. The van der Waals surface area contributed by atoms with Crippen LogP contribution in [-0.4, -0.2) is 66.0 Å². The van der Waals surface area contributed by atoms with E-state index in [0.717, 1.165) is 18.4 Å². The van der Waals surface area contributed by atoms with Crippen molar-refractivity contribution >= 4 is 34.0 Å². The first-order chi connectivity index (χ1) is 8.38. The maximum absolute atomic E-state index is 10.6. The van der Waals surface area contributed by atoms with Crippen LogP contribution in [-0.2, 0) is 14.9 Å². The standard InChI is InChI=1S/C8H15N3O5S2/c12-7(13)6-11-3-1-2-9-8(11)10-17-4-5-18(14,15)16/h1-6H2,(H,9,10)(H,12,13)(H,14,15,16). The number of carboxylic acids is 1. The van der Waals surface area contributed by atoms with E-state index in [1.807, 2.05) is 0 Å². The molecule has 18 heavy (non-hydrogen) atoms. The van der Waals surface area contributed by atoms with E-state index in [2.05, 4.69) is 9.71 Å². The lowest BCUT2D eigenvalue weighted by Gasteiger charge is -2.27. The topological polar surface area (TPSA) is 119 Å². The van der Waals surface area contributed by atoms with Crippen molar-refractivity contribution in [3.8, 4) is 0 Å². The van der Waals surface area contributed by atoms with E-state index in [1.165, 1.54) is 0 Å². The molecule has 0 saturated carbocycles. The zero-order valence-electron chi connectivity index (χ0n) is 9.57. The molecule has 0 saturated heterocycles. The Morgan fingerprint density at radius 3 is 2.89 bits per heavy atom. The van der Waals surface area contributed by atoms with Crippen molar-refractivity contribution in [1.29, 1.82) is 0 Å². The minimum atomic E-state index is -3.97. The van der Waals surface area contributed by atoms with Gasteiger partial charge in [-0.2, -0.15) is 8.42 Å². The number of hydrogen-bond donors (Lipinski definition) is 3. The third-order valence-electron chi connectivity index (χ3n) is 2.08. The predicted molar refractivity (Wildman–Crippen MR) is 68.1 cm³/mol. The first-order valence-electron chi connectivity index (χ1n) is 5.22. The SMILES string of the molecule is O=C(O)CN1CCCN=C1NSCCS(=O)(=O)O. The molecule has 0 unspecified atom stereocenters. The monoisotopic (exact) mass is 297 g/mol. The third kappa shape index (κ3) is 6.07. The largest absolute Gasteiger partial charge is 0.480 e. The van der Waals surface area contributed by atoms with Crippen LogP contribution in [0.3, 0.4) is 0 Å². The third-order valence-corrected chi connectivity index (χ3v) is 3.79. The number of nitrogens with one attached hydrogen (secondary N) is 1. The van der Waals surface area contributed by atoms with Crippen LogP contribution in [0, 0.1) is 0 Å². The molecule has 0 spiro atoms. The Morgan fingerprint density at radius 1 is 1.56 bits per heavy atom. The Hall–Kier alpha value is -1.00. The van der Waals surface area contributed by atoms with E-state index in [-0.39, 0.29) is 18.1 Å². The molecule has 0 aromatic carbocycles. The fourth-order valence-corrected chi connectivity index (χ4v) is 2.93. The van der Waals surface area contributed by atoms with E-state index in [1.54, 1.807) is 4.90 Å². The van der Waals surface area contributed by atoms with Gasteiger partial charge in [0.1, 0.15) is 6.54 Å². The van der Waals surface area contributed by atoms with Crippen LogP contribution >= 0.6 is 11.9 Å². The van der Waals surface area contributed by atoms with Gasteiger partial charge in [0, 0.05) is 18.8 Å². The summed E-state index contributed by atoms with van der Waals surface area (Å²) in [5.41, 5.74) is 0. The van der Waals surface area contributed by atoms with Gasteiger partial charge in [0.2, 0.25) is 5.96 Å². The lowest BCUT2D eigenvalue weighted by molar-refractivity contribution is -0.137. The normalized spacial score (nSPS) is 16.3. The van der Waals surface area contributed by atoms with Gasteiger partial charge < -0.3 is 14.7 Å². The van der Waals surface area contributed by atoms with Crippen LogP contribution in [0.4, 0.5) is 0 Å². The highest BCUT2D eigenvalue weighted by molar-refractivity contribution is 7.98. The van der Waals surface area contributed by atoms with Gasteiger partial charge in [0.25, 0.3) is 10.1 Å². The number of carbonyl (C=O) groups is 1. The van der Waals surface area contributed by atoms with Gasteiger partial charge in [-0.1, -0.05) is 0 Å². The van der Waals surface area contributed by atoms with Crippen molar-refractivity contribution in [2.45, 2.75) is 6.42 Å². The molecule has 1 aliphatic heterocycles. The van der Waals surface area contributed by atoms with Crippen LogP contribution in [0.15, 0.2) is 4.99 Å². The molecule has 0 atom stereocenters. The summed E-state index contributed by atoms with van der Waals surface area (Å²) in [6.45, 7) is 1.05. The molecule has 0 amide bonds. The lowest BCUT2D eigenvalue weighted by Crippen LogP contribution is -2.44. The Bertz CT molecular complexity index is 422. The summed E-state index contributed by atoms with van der Waals surface area (Å²) < 4.78 is 32.3. The minimum absolute atomic E-state index is 0.148. The first kappa shape index (κ1) is 15.1. The van der Waals surface area contributed by atoms with E-state index in [9.17, 15) is 13.2 Å². The zero-order valence-corrected chi connectivity index (χ0v) is 11.2. The molecule has 0 aromatic rings. The number of aliphatic carboxylic acids is 1. The van der Waals surface area contributed by atoms with Gasteiger partial charge in [-0.15, -0.1) is 0 Å². The van der Waals surface area contributed by atoms with Gasteiger partial charge in [0.15, 0.2) is 0 Å². The Morgan fingerprint density at radius 2 is 2.28 bits per heavy atom. The summed E-state index contributed by atoms with van der Waals surface area (Å²) in [4.78, 5) is 16.3. The Kier molecular flexibility index (Phi) is 5.69. The molecule has 3 N–H and O–H groups in total. The van der Waals surface area contributed by atoms with Gasteiger partial charge in [-0.3, -0.25) is 14.3 Å². The molecule has 10 heteroatoms. The molecule has 1 heterocycles. The second-order valence-corrected chi connectivity index (χ2v) is 6.08. The molecular formula is C8H15N3O5S2. The number of nitrogens with zero attached hydrogens (tertiary/aromatic N) is 2. The average Bonchev–Trinajstić information content (AvgIpc) is 2.24. The molecule has 8 nitrogen and oxygen atoms in total. The van der Waals surface area contributed by atoms with Crippen molar-refractivity contribution in [3.63, 3.8) is 0 Å². The maximum Gasteiger partial charge on any atom is 0.323 e. The van der Waals surface area contributed by atoms with Crippen LogP contribution in [0.25, 0.3) is 0 Å². The lowest BCUT2D eigenvalue weighted by atomic mass is 10.3. The summed E-state index contributed by atoms with van der Waals surface area (Å²) in [5.74, 6) is -0.728. The van der Waals surface area contributed by atoms with E-state index < -0.39 is 16.1 Å². The Labute approximate surface area is 109 Å². The van der Waals surface area contributed by atoms with Crippen LogP contribution in [0.1, 0.15) is 6.42 Å². The predicted octanol–water partition coefficient (Wildman–Crippen LogP) is -0.742. The average molecular weight is 297 g/mol. The molecule has 0 bridgehead atoms. The minimum Gasteiger partial charge on any atom is -0.480 e. The number of carboxylic acid groups (broad SMARTS) is 1. The summed E-state index contributed by atoms with van der Waals surface area (Å²) in [5, 5.41) is 8.72. The highest BCUT2D eigenvalue weighted by Gasteiger charge is 2.17. The maximum atomic E-state index is 10.6. The highest BCUT2D eigenvalue weighted by Crippen LogP contribution is 2.05. The van der Waals surface area contributed by atoms with Crippen LogP contribution in [0.5, 0.6) is 0 Å². The highest BCUT2D eigenvalue weighted by atomic mass is 32.2. The molecule has 0 fully saturated rings. The summed E-state index contributed by atoms with van der Waals surface area (Å²) in [6, 6.07) is 0. The van der Waals surface area contributed by atoms with E-state index in [0.29, 0.717) is 19.0 Å². The van der Waals surface area contributed by atoms with Gasteiger partial charge in [-0.25, -0.2) is 0 Å². The van der Waals surface area contributed by atoms with Crippen LogP contribution in [0.2, 0.25) is 0 Å². The number of rotatable bonds is 6. The van der Waals surface area contributed by atoms with Crippen LogP contribution < -0.4 is 4.72 Å². The van der Waals surface area contributed by atoms with Crippen molar-refractivity contribution < 1.29 is 22.9 Å². The zero-order chi connectivity index (χ0) is 13.6. The van der Waals surface area contributed by atoms with Crippen molar-refractivity contribution in [2.75, 3.05) is 31.1 Å². The summed E-state index contributed by atoms with van der Waals surface area (Å²) >= 11 is 1.06. The molecule has 0 radical (unpaired) electrons. The van der Waals surface area contributed by atoms with Crippen molar-refractivity contribution in [1.82, 2.24) is 9.62 Å². The number of hydrogen-bond acceptors (Lipinski definition) is 7. The smallest absolute Gasteiger partial charge is 0.323 e.